The molecule has 0 aromatic heterocycles. The second-order valence-electron chi connectivity index (χ2n) is 7.73. The Kier molecular flexibility index (Phi) is 6.51. The van der Waals surface area contributed by atoms with Crippen LogP contribution in [0.3, 0.4) is 0 Å². The van der Waals surface area contributed by atoms with Gasteiger partial charge in [-0.05, 0) is 64.8 Å². The summed E-state index contributed by atoms with van der Waals surface area (Å²) < 4.78 is 5.54. The molecule has 0 bridgehead atoms. The lowest BCUT2D eigenvalue weighted by Crippen LogP contribution is -2.49. The molecule has 1 aliphatic heterocycles. The molecule has 1 N–H and O–H groups in total. The normalized spacial score (nSPS) is 15.4. The summed E-state index contributed by atoms with van der Waals surface area (Å²) in [7, 11) is 0. The average molecular weight is 361 g/mol. The number of hydrogen-bond acceptors (Lipinski definition) is 3. The molecule has 1 aromatic carbocycles. The number of benzene rings is 1. The Morgan fingerprint density at radius 1 is 1.12 bits per heavy atom. The molecule has 26 heavy (non-hydrogen) atoms. The second kappa shape index (κ2) is 8.43. The molecule has 144 valence electrons. The second-order valence-corrected chi connectivity index (χ2v) is 7.73. The van der Waals surface area contributed by atoms with E-state index in [1.165, 1.54) is 0 Å². The van der Waals surface area contributed by atoms with Gasteiger partial charge in [0.1, 0.15) is 5.75 Å². The molecule has 0 atom stereocenters. The molecule has 0 unspecified atom stereocenters. The Bertz CT molecular complexity index is 652. The van der Waals surface area contributed by atoms with E-state index < -0.39 is 0 Å². The lowest BCUT2D eigenvalue weighted by atomic mass is 10.1. The van der Waals surface area contributed by atoms with Gasteiger partial charge in [0, 0.05) is 37.3 Å². The van der Waals surface area contributed by atoms with Gasteiger partial charge in [-0.15, -0.1) is 0 Å². The van der Waals surface area contributed by atoms with Crippen molar-refractivity contribution in [1.82, 2.24) is 15.1 Å². The highest BCUT2D eigenvalue weighted by Crippen LogP contribution is 2.20. The van der Waals surface area contributed by atoms with Gasteiger partial charge in [0.25, 0.3) is 5.91 Å². The van der Waals surface area contributed by atoms with E-state index >= 15 is 0 Å². The number of amides is 3. The number of nitrogens with zero attached hydrogens (tertiary/aromatic N) is 2. The smallest absolute Gasteiger partial charge is 0.317 e. The van der Waals surface area contributed by atoms with Gasteiger partial charge in [-0.2, -0.15) is 0 Å². The van der Waals surface area contributed by atoms with Gasteiger partial charge >= 0.3 is 6.03 Å². The van der Waals surface area contributed by atoms with Crippen molar-refractivity contribution in [3.05, 3.63) is 29.3 Å². The van der Waals surface area contributed by atoms with Gasteiger partial charge in [0.05, 0.1) is 6.61 Å². The number of rotatable bonds is 3. The summed E-state index contributed by atoms with van der Waals surface area (Å²) in [5.74, 6) is 0.819. The standard InChI is InChI=1S/C20H31N3O3/c1-6-26-17-9-8-16(14-15(17)2)18(24)22-10-7-11-23(13-12-22)19(25)21-20(3,4)5/h8-9,14H,6-7,10-13H2,1-5H3,(H,21,25). The van der Waals surface area contributed by atoms with Crippen LogP contribution in [0.15, 0.2) is 18.2 Å². The van der Waals surface area contributed by atoms with Crippen molar-refractivity contribution in [1.29, 1.82) is 0 Å². The van der Waals surface area contributed by atoms with Crippen LogP contribution in [0.1, 0.15) is 50.0 Å². The van der Waals surface area contributed by atoms with Crippen molar-refractivity contribution in [3.8, 4) is 5.75 Å². The lowest BCUT2D eigenvalue weighted by Gasteiger charge is -2.27. The quantitative estimate of drug-likeness (QED) is 0.900. The number of aryl methyl sites for hydroxylation is 1. The summed E-state index contributed by atoms with van der Waals surface area (Å²) in [4.78, 5) is 28.8. The topological polar surface area (TPSA) is 61.9 Å². The zero-order valence-corrected chi connectivity index (χ0v) is 16.6. The number of urea groups is 1. The monoisotopic (exact) mass is 361 g/mol. The van der Waals surface area contributed by atoms with E-state index in [-0.39, 0.29) is 17.5 Å². The Labute approximate surface area is 156 Å². The zero-order valence-electron chi connectivity index (χ0n) is 16.6. The molecule has 6 nitrogen and oxygen atoms in total. The summed E-state index contributed by atoms with van der Waals surface area (Å²) in [6.07, 6.45) is 0.777. The predicted octanol–water partition coefficient (Wildman–Crippen LogP) is 3.05. The van der Waals surface area contributed by atoms with Crippen LogP contribution in [0.4, 0.5) is 4.79 Å². The highest BCUT2D eigenvalue weighted by atomic mass is 16.5. The molecule has 1 aliphatic rings. The molecule has 1 aromatic rings. The maximum absolute atomic E-state index is 12.8. The number of ether oxygens (including phenoxy) is 1. The summed E-state index contributed by atoms with van der Waals surface area (Å²) in [6.45, 7) is 12.8. The molecule has 0 aliphatic carbocycles. The fraction of sp³-hybridized carbons (Fsp3) is 0.600. The predicted molar refractivity (Wildman–Crippen MR) is 103 cm³/mol. The van der Waals surface area contributed by atoms with E-state index in [1.54, 1.807) is 4.90 Å². The van der Waals surface area contributed by atoms with Gasteiger partial charge < -0.3 is 19.9 Å². The van der Waals surface area contributed by atoms with Crippen molar-refractivity contribution < 1.29 is 14.3 Å². The third kappa shape index (κ3) is 5.38. The summed E-state index contributed by atoms with van der Waals surface area (Å²) in [6, 6.07) is 5.48. The maximum Gasteiger partial charge on any atom is 0.317 e. The summed E-state index contributed by atoms with van der Waals surface area (Å²) in [5.41, 5.74) is 1.36. The van der Waals surface area contributed by atoms with Crippen molar-refractivity contribution in [2.75, 3.05) is 32.8 Å². The summed E-state index contributed by atoms with van der Waals surface area (Å²) in [5, 5.41) is 2.99. The highest BCUT2D eigenvalue weighted by Gasteiger charge is 2.25. The molecule has 1 saturated heterocycles. The average Bonchev–Trinajstić information content (AvgIpc) is 2.81. The molecule has 3 amide bonds. The van der Waals surface area contributed by atoms with E-state index in [0.29, 0.717) is 38.3 Å². The number of hydrogen-bond donors (Lipinski definition) is 1. The van der Waals surface area contributed by atoms with E-state index in [9.17, 15) is 9.59 Å². The Morgan fingerprint density at radius 3 is 2.38 bits per heavy atom. The Balaban J connectivity index is 2.01. The number of nitrogens with one attached hydrogen (secondary N) is 1. The molecule has 1 fully saturated rings. The molecule has 2 rings (SSSR count). The molecular formula is C20H31N3O3. The zero-order chi connectivity index (χ0) is 19.3. The van der Waals surface area contributed by atoms with Crippen LogP contribution in [-0.2, 0) is 0 Å². The molecular weight excluding hydrogens is 330 g/mol. The molecule has 0 spiro atoms. The van der Waals surface area contributed by atoms with Crippen molar-refractivity contribution in [3.63, 3.8) is 0 Å². The molecule has 0 radical (unpaired) electrons. The largest absolute Gasteiger partial charge is 0.494 e. The van der Waals surface area contributed by atoms with Crippen LogP contribution in [0.5, 0.6) is 5.75 Å². The Hall–Kier alpha value is -2.24. The minimum absolute atomic E-state index is 0.00854. The maximum atomic E-state index is 12.8. The first-order chi connectivity index (χ1) is 12.2. The highest BCUT2D eigenvalue weighted by molar-refractivity contribution is 5.94. The van der Waals surface area contributed by atoms with Gasteiger partial charge in [0.2, 0.25) is 0 Å². The number of carbonyl (C=O) groups is 2. The molecule has 6 heteroatoms. The van der Waals surface area contributed by atoms with Crippen LogP contribution in [-0.4, -0.2) is 60.1 Å². The fourth-order valence-corrected chi connectivity index (χ4v) is 3.01. The van der Waals surface area contributed by atoms with Gasteiger partial charge in [-0.25, -0.2) is 4.79 Å². The lowest BCUT2D eigenvalue weighted by molar-refractivity contribution is 0.0762. The van der Waals surface area contributed by atoms with E-state index in [1.807, 2.05) is 57.7 Å². The first-order valence-corrected chi connectivity index (χ1v) is 9.31. The van der Waals surface area contributed by atoms with Crippen LogP contribution in [0, 0.1) is 6.92 Å². The van der Waals surface area contributed by atoms with E-state index in [4.69, 9.17) is 4.74 Å². The van der Waals surface area contributed by atoms with Gasteiger partial charge in [-0.3, -0.25) is 4.79 Å². The summed E-state index contributed by atoms with van der Waals surface area (Å²) >= 11 is 0. The van der Waals surface area contributed by atoms with Crippen molar-refractivity contribution in [2.45, 2.75) is 46.6 Å². The fourth-order valence-electron chi connectivity index (χ4n) is 3.01. The SMILES string of the molecule is CCOc1ccc(C(=O)N2CCCN(C(=O)NC(C)(C)C)CC2)cc1C. The Morgan fingerprint density at radius 2 is 1.77 bits per heavy atom. The number of carbonyl (C=O) groups excluding carboxylic acids is 2. The minimum atomic E-state index is -0.265. The first kappa shape index (κ1) is 20.1. The van der Waals surface area contributed by atoms with E-state index in [2.05, 4.69) is 5.32 Å². The van der Waals surface area contributed by atoms with Gasteiger partial charge in [0.15, 0.2) is 0 Å². The third-order valence-electron chi connectivity index (χ3n) is 4.27. The third-order valence-corrected chi connectivity index (χ3v) is 4.27. The van der Waals surface area contributed by atoms with E-state index in [0.717, 1.165) is 17.7 Å². The first-order valence-electron chi connectivity index (χ1n) is 9.31. The molecule has 0 saturated carbocycles. The van der Waals surface area contributed by atoms with Crippen LogP contribution < -0.4 is 10.1 Å². The van der Waals surface area contributed by atoms with Crippen LogP contribution in [0.25, 0.3) is 0 Å². The van der Waals surface area contributed by atoms with Crippen molar-refractivity contribution >= 4 is 11.9 Å². The van der Waals surface area contributed by atoms with Crippen LogP contribution in [0.2, 0.25) is 0 Å². The minimum Gasteiger partial charge on any atom is -0.494 e. The molecule has 1 heterocycles. The van der Waals surface area contributed by atoms with Gasteiger partial charge in [-0.1, -0.05) is 0 Å². The van der Waals surface area contributed by atoms with Crippen LogP contribution >= 0.6 is 0 Å². The van der Waals surface area contributed by atoms with Crippen molar-refractivity contribution in [2.24, 2.45) is 0 Å².